The van der Waals surface area contributed by atoms with Crippen LogP contribution in [-0.2, 0) is 11.3 Å². The average Bonchev–Trinajstić information content (AvgIpc) is 3.35. The predicted octanol–water partition coefficient (Wildman–Crippen LogP) is 6.12. The molecule has 3 aromatic rings. The molecule has 1 amide bonds. The minimum Gasteiger partial charge on any atom is -0.390 e. The largest absolute Gasteiger partial charge is 0.390 e. The van der Waals surface area contributed by atoms with Crippen molar-refractivity contribution in [3.63, 3.8) is 0 Å². The third kappa shape index (κ3) is 8.67. The van der Waals surface area contributed by atoms with Gasteiger partial charge in [-0.2, -0.15) is 0 Å². The Balaban J connectivity index is 0.000000403. The van der Waals surface area contributed by atoms with Crippen LogP contribution in [0.5, 0.6) is 0 Å². The van der Waals surface area contributed by atoms with E-state index in [4.69, 9.17) is 4.98 Å². The number of aldehydes is 1. The highest BCUT2D eigenvalue weighted by Crippen LogP contribution is 2.37. The molecule has 8 heteroatoms. The number of carbonyl (C=O) groups excluding carboxylic acids is 2. The second kappa shape index (κ2) is 14.5. The van der Waals surface area contributed by atoms with Gasteiger partial charge in [0.15, 0.2) is 0 Å². The molecule has 0 unspecified atom stereocenters. The van der Waals surface area contributed by atoms with Crippen molar-refractivity contribution in [2.75, 3.05) is 25.5 Å². The number of aromatic nitrogens is 2. The molecule has 0 atom stereocenters. The fraction of sp³-hybridized carbons (Fsp3) is 0.571. The van der Waals surface area contributed by atoms with Gasteiger partial charge < -0.3 is 20.3 Å². The predicted molar refractivity (Wildman–Crippen MR) is 174 cm³/mol. The molecule has 0 spiro atoms. The molecule has 2 aliphatic rings. The summed E-state index contributed by atoms with van der Waals surface area (Å²) >= 11 is 0. The normalized spacial score (nSPS) is 20.0. The number of hydrogen-bond acceptors (Lipinski definition) is 6. The Morgan fingerprint density at radius 1 is 1.07 bits per heavy atom. The number of imidazole rings is 1. The van der Waals surface area contributed by atoms with Crippen molar-refractivity contribution in [3.05, 3.63) is 59.2 Å². The number of piperidine rings is 1. The van der Waals surface area contributed by atoms with Crippen molar-refractivity contribution in [1.82, 2.24) is 19.8 Å². The van der Waals surface area contributed by atoms with Gasteiger partial charge in [0.05, 0.1) is 16.6 Å². The number of nitrogens with one attached hydrogen (secondary N) is 2. The van der Waals surface area contributed by atoms with Gasteiger partial charge in [-0.15, -0.1) is 0 Å². The van der Waals surface area contributed by atoms with Gasteiger partial charge in [-0.3, -0.25) is 14.5 Å². The summed E-state index contributed by atoms with van der Waals surface area (Å²) in [5.41, 5.74) is 4.80. The molecular formula is C35H51N5O3. The Bertz CT molecular complexity index is 1360. The van der Waals surface area contributed by atoms with Crippen molar-refractivity contribution in [1.29, 1.82) is 0 Å². The topological polar surface area (TPSA) is 99.5 Å². The Hall–Kier alpha value is -3.23. The van der Waals surface area contributed by atoms with Gasteiger partial charge in [-0.1, -0.05) is 29.8 Å². The maximum absolute atomic E-state index is 12.5. The van der Waals surface area contributed by atoms with Crippen LogP contribution in [0, 0.1) is 18.8 Å². The molecule has 1 saturated carbocycles. The first-order valence-corrected chi connectivity index (χ1v) is 15.9. The molecule has 1 saturated heterocycles. The van der Waals surface area contributed by atoms with Crippen LogP contribution in [0.1, 0.15) is 93.7 Å². The van der Waals surface area contributed by atoms with Gasteiger partial charge >= 0.3 is 0 Å². The van der Waals surface area contributed by atoms with E-state index in [1.807, 2.05) is 59.9 Å². The summed E-state index contributed by atoms with van der Waals surface area (Å²) in [5, 5.41) is 16.7. The summed E-state index contributed by atoms with van der Waals surface area (Å²) in [5.74, 6) is 1.61. The number of aryl methyl sites for hydroxylation is 1. The van der Waals surface area contributed by atoms with E-state index in [0.717, 1.165) is 87.0 Å². The number of carbonyl (C=O) groups is 2. The van der Waals surface area contributed by atoms with Crippen LogP contribution >= 0.6 is 0 Å². The summed E-state index contributed by atoms with van der Waals surface area (Å²) in [6, 6.07) is 14.7. The van der Waals surface area contributed by atoms with E-state index >= 15 is 0 Å². The van der Waals surface area contributed by atoms with Crippen LogP contribution in [0.15, 0.2) is 42.5 Å². The summed E-state index contributed by atoms with van der Waals surface area (Å²) in [6.07, 6.45) is 6.76. The molecule has 5 rings (SSSR count). The van der Waals surface area contributed by atoms with E-state index in [9.17, 15) is 14.7 Å². The first kappa shape index (κ1) is 32.7. The lowest BCUT2D eigenvalue weighted by Crippen LogP contribution is -2.41. The van der Waals surface area contributed by atoms with Crippen LogP contribution < -0.4 is 10.6 Å². The molecule has 2 fully saturated rings. The Morgan fingerprint density at radius 2 is 1.77 bits per heavy atom. The van der Waals surface area contributed by atoms with Crippen LogP contribution in [0.2, 0.25) is 0 Å². The number of nitrogens with zero attached hydrogens (tertiary/aromatic N) is 3. The molecule has 2 heterocycles. The standard InChI is InChI=1S/C27H43N5O2.C8H8O/c1-18(2)29-25(33)20-7-9-22(10-8-20)32-24-16-19(6-11-23(24)30-26(32)28-5)17-31-14-12-21(13-15-31)27(3,4)34;1-7-3-2-4-8(5-7)6-9/h6,11,16,18,20-22,34H,7-10,12-15,17H2,1-5H3,(H,28,30)(H,29,33);2-6H,1H3. The molecular weight excluding hydrogens is 538 g/mol. The quantitative estimate of drug-likeness (QED) is 0.274. The van der Waals surface area contributed by atoms with Gasteiger partial charge in [-0.25, -0.2) is 4.98 Å². The monoisotopic (exact) mass is 589 g/mol. The lowest BCUT2D eigenvalue weighted by atomic mass is 9.83. The van der Waals surface area contributed by atoms with Crippen molar-refractivity contribution in [3.8, 4) is 0 Å². The number of rotatable bonds is 8. The molecule has 1 aromatic heterocycles. The summed E-state index contributed by atoms with van der Waals surface area (Å²) < 4.78 is 2.37. The van der Waals surface area contributed by atoms with Gasteiger partial charge in [0.1, 0.15) is 6.29 Å². The highest BCUT2D eigenvalue weighted by molar-refractivity contribution is 5.80. The maximum atomic E-state index is 12.5. The minimum atomic E-state index is -0.588. The molecule has 8 nitrogen and oxygen atoms in total. The first-order chi connectivity index (χ1) is 20.5. The number of benzene rings is 2. The summed E-state index contributed by atoms with van der Waals surface area (Å²) in [4.78, 5) is 30.0. The molecule has 1 aliphatic carbocycles. The van der Waals surface area contributed by atoms with Gasteiger partial charge in [-0.05, 0) is 116 Å². The number of aliphatic hydroxyl groups is 1. The minimum absolute atomic E-state index is 0.119. The number of anilines is 1. The molecule has 43 heavy (non-hydrogen) atoms. The van der Waals surface area contributed by atoms with Crippen LogP contribution in [0.4, 0.5) is 5.95 Å². The Kier molecular flexibility index (Phi) is 11.0. The molecule has 234 valence electrons. The third-order valence-electron chi connectivity index (χ3n) is 9.01. The Labute approximate surface area is 257 Å². The molecule has 0 radical (unpaired) electrons. The number of hydrogen-bond donors (Lipinski definition) is 3. The number of likely N-dealkylation sites (tertiary alicyclic amines) is 1. The first-order valence-electron chi connectivity index (χ1n) is 15.9. The van der Waals surface area contributed by atoms with Crippen molar-refractivity contribution in [2.24, 2.45) is 11.8 Å². The van der Waals surface area contributed by atoms with Crippen molar-refractivity contribution >= 4 is 29.2 Å². The zero-order chi connectivity index (χ0) is 31.1. The zero-order valence-electron chi connectivity index (χ0n) is 26.9. The van der Waals surface area contributed by atoms with E-state index in [-0.39, 0.29) is 17.9 Å². The Morgan fingerprint density at radius 3 is 2.33 bits per heavy atom. The van der Waals surface area contributed by atoms with Crippen molar-refractivity contribution in [2.45, 2.75) is 97.4 Å². The lowest BCUT2D eigenvalue weighted by Gasteiger charge is -2.37. The lowest BCUT2D eigenvalue weighted by molar-refractivity contribution is -0.126. The van der Waals surface area contributed by atoms with Gasteiger partial charge in [0.2, 0.25) is 11.9 Å². The van der Waals surface area contributed by atoms with Gasteiger partial charge in [0, 0.05) is 37.2 Å². The SMILES string of the molecule is CNc1nc2ccc(CN3CCC(C(C)(C)O)CC3)cc2n1C1CCC(C(=O)NC(C)C)CC1.Cc1cccc(C=O)c1. The summed E-state index contributed by atoms with van der Waals surface area (Å²) in [7, 11) is 1.94. The maximum Gasteiger partial charge on any atom is 0.223 e. The van der Waals surface area contributed by atoms with Crippen LogP contribution in [-0.4, -0.2) is 63.5 Å². The fourth-order valence-corrected chi connectivity index (χ4v) is 6.58. The molecule has 0 bridgehead atoms. The van der Waals surface area contributed by atoms with E-state index in [0.29, 0.717) is 12.0 Å². The van der Waals surface area contributed by atoms with E-state index in [1.54, 1.807) is 6.07 Å². The molecule has 3 N–H and O–H groups in total. The molecule has 2 aromatic carbocycles. The van der Waals surface area contributed by atoms with Crippen molar-refractivity contribution < 1.29 is 14.7 Å². The average molecular weight is 590 g/mol. The number of fused-ring (bicyclic) bond motifs is 1. The van der Waals surface area contributed by atoms with Gasteiger partial charge in [0.25, 0.3) is 0 Å². The zero-order valence-corrected chi connectivity index (χ0v) is 26.9. The second-order valence-electron chi connectivity index (χ2n) is 13.3. The van der Waals surface area contributed by atoms with E-state index in [2.05, 4.69) is 38.3 Å². The number of amides is 1. The third-order valence-corrected chi connectivity index (χ3v) is 9.01. The van der Waals surface area contributed by atoms with E-state index < -0.39 is 5.60 Å². The van der Waals surface area contributed by atoms with E-state index in [1.165, 1.54) is 11.1 Å². The highest BCUT2D eigenvalue weighted by Gasteiger charge is 2.31. The second-order valence-corrected chi connectivity index (χ2v) is 13.3. The smallest absolute Gasteiger partial charge is 0.223 e. The van der Waals surface area contributed by atoms with Crippen LogP contribution in [0.25, 0.3) is 11.0 Å². The summed E-state index contributed by atoms with van der Waals surface area (Å²) in [6.45, 7) is 12.9. The van der Waals surface area contributed by atoms with Crippen LogP contribution in [0.3, 0.4) is 0 Å². The fourth-order valence-electron chi connectivity index (χ4n) is 6.58. The highest BCUT2D eigenvalue weighted by atomic mass is 16.3. The molecule has 1 aliphatic heterocycles.